The summed E-state index contributed by atoms with van der Waals surface area (Å²) in [6, 6.07) is 13.5. The third kappa shape index (κ3) is 2.09. The smallest absolute Gasteiger partial charge is 0.223 e. The second-order valence-electron chi connectivity index (χ2n) is 8.16. The first kappa shape index (κ1) is 15.9. The van der Waals surface area contributed by atoms with Gasteiger partial charge in [-0.3, -0.25) is 4.79 Å². The molecule has 2 atom stereocenters. The van der Waals surface area contributed by atoms with Crippen molar-refractivity contribution in [3.63, 3.8) is 0 Å². The molecule has 134 valence electrons. The molecule has 0 saturated carbocycles. The minimum absolute atomic E-state index is 0.0484. The van der Waals surface area contributed by atoms with Crippen molar-refractivity contribution in [1.29, 1.82) is 0 Å². The molecule has 0 N–H and O–H groups in total. The van der Waals surface area contributed by atoms with Crippen LogP contribution in [0.5, 0.6) is 5.75 Å². The van der Waals surface area contributed by atoms with Crippen molar-refractivity contribution in [1.82, 2.24) is 4.90 Å². The summed E-state index contributed by atoms with van der Waals surface area (Å²) in [5.41, 5.74) is 6.89. The van der Waals surface area contributed by atoms with E-state index in [1.807, 2.05) is 0 Å². The van der Waals surface area contributed by atoms with Gasteiger partial charge in [0.25, 0.3) is 0 Å². The van der Waals surface area contributed by atoms with E-state index in [1.54, 1.807) is 7.11 Å². The van der Waals surface area contributed by atoms with E-state index in [-0.39, 0.29) is 11.5 Å². The fourth-order valence-electron chi connectivity index (χ4n) is 5.66. The zero-order valence-corrected chi connectivity index (χ0v) is 15.5. The molecule has 1 spiro atoms. The van der Waals surface area contributed by atoms with E-state index in [2.05, 4.69) is 48.2 Å². The minimum atomic E-state index is 0.0484. The zero-order valence-electron chi connectivity index (χ0n) is 15.5. The van der Waals surface area contributed by atoms with Crippen LogP contribution in [0.4, 0.5) is 0 Å². The first-order valence-electron chi connectivity index (χ1n) is 9.69. The lowest BCUT2D eigenvalue weighted by Gasteiger charge is -2.50. The number of piperidine rings is 1. The molecular formula is C23H25NO2. The molecule has 3 aliphatic rings. The number of hydrogen-bond acceptors (Lipinski definition) is 2. The molecule has 0 unspecified atom stereocenters. The second-order valence-corrected chi connectivity index (χ2v) is 8.16. The summed E-state index contributed by atoms with van der Waals surface area (Å²) in [5.74, 6) is 1.25. The average molecular weight is 347 g/mol. The molecular weight excluding hydrogens is 322 g/mol. The van der Waals surface area contributed by atoms with Crippen LogP contribution < -0.4 is 4.74 Å². The Morgan fingerprint density at radius 2 is 1.96 bits per heavy atom. The maximum absolute atomic E-state index is 12.8. The predicted octanol–water partition coefficient (Wildman–Crippen LogP) is 4.46. The Labute approximate surface area is 155 Å². The molecule has 1 aliphatic carbocycles. The van der Waals surface area contributed by atoms with Gasteiger partial charge in [0.1, 0.15) is 5.75 Å². The number of nitrogens with zero attached hydrogens (tertiary/aromatic N) is 1. The van der Waals surface area contributed by atoms with Crippen LogP contribution in [0.1, 0.15) is 59.5 Å². The van der Waals surface area contributed by atoms with Crippen LogP contribution in [0.25, 0.3) is 0 Å². The lowest BCUT2D eigenvalue weighted by molar-refractivity contribution is -0.140. The summed E-state index contributed by atoms with van der Waals surface area (Å²) in [5, 5.41) is 0. The van der Waals surface area contributed by atoms with Crippen LogP contribution in [0, 0.1) is 6.92 Å². The van der Waals surface area contributed by atoms with Crippen molar-refractivity contribution in [3.8, 4) is 5.75 Å². The molecule has 5 rings (SSSR count). The molecule has 0 radical (unpaired) electrons. The van der Waals surface area contributed by atoms with E-state index in [1.165, 1.54) is 34.2 Å². The highest BCUT2D eigenvalue weighted by molar-refractivity contribution is 5.80. The van der Waals surface area contributed by atoms with Crippen molar-refractivity contribution in [3.05, 3.63) is 64.2 Å². The number of rotatable bonds is 1. The summed E-state index contributed by atoms with van der Waals surface area (Å²) < 4.78 is 5.47. The SMILES string of the molecule is COc1ccc2c(c1)CCC[C@]21CCC(=O)N2Cc3ccc(C)cc3[C@@H]21. The Balaban J connectivity index is 1.71. The van der Waals surface area contributed by atoms with Crippen LogP contribution in [-0.2, 0) is 23.2 Å². The lowest BCUT2D eigenvalue weighted by Crippen LogP contribution is -2.49. The van der Waals surface area contributed by atoms with E-state index in [0.717, 1.165) is 31.6 Å². The summed E-state index contributed by atoms with van der Waals surface area (Å²) in [4.78, 5) is 14.9. The molecule has 1 amide bonds. The van der Waals surface area contributed by atoms with E-state index < -0.39 is 0 Å². The van der Waals surface area contributed by atoms with Gasteiger partial charge in [0, 0.05) is 18.4 Å². The lowest BCUT2D eigenvalue weighted by atomic mass is 9.60. The number of hydrogen-bond donors (Lipinski definition) is 0. The number of carbonyl (C=O) groups is 1. The quantitative estimate of drug-likeness (QED) is 0.762. The normalized spacial score (nSPS) is 26.5. The fraction of sp³-hybridized carbons (Fsp3) is 0.435. The van der Waals surface area contributed by atoms with Gasteiger partial charge in [-0.25, -0.2) is 0 Å². The highest BCUT2D eigenvalue weighted by Crippen LogP contribution is 2.57. The van der Waals surface area contributed by atoms with Gasteiger partial charge in [-0.05, 0) is 67.0 Å². The maximum atomic E-state index is 12.8. The van der Waals surface area contributed by atoms with E-state index in [0.29, 0.717) is 12.3 Å². The van der Waals surface area contributed by atoms with Gasteiger partial charge in [-0.2, -0.15) is 0 Å². The fourth-order valence-corrected chi connectivity index (χ4v) is 5.66. The third-order valence-electron chi connectivity index (χ3n) is 6.79. The van der Waals surface area contributed by atoms with Crippen LogP contribution >= 0.6 is 0 Å². The molecule has 2 aromatic carbocycles. The molecule has 2 aliphatic heterocycles. The summed E-state index contributed by atoms with van der Waals surface area (Å²) in [6.07, 6.45) is 5.07. The number of aryl methyl sites for hydroxylation is 2. The Morgan fingerprint density at radius 3 is 2.81 bits per heavy atom. The minimum Gasteiger partial charge on any atom is -0.497 e. The van der Waals surface area contributed by atoms with E-state index in [9.17, 15) is 4.79 Å². The van der Waals surface area contributed by atoms with Gasteiger partial charge >= 0.3 is 0 Å². The maximum Gasteiger partial charge on any atom is 0.223 e. The first-order valence-corrected chi connectivity index (χ1v) is 9.69. The number of benzene rings is 2. The second kappa shape index (κ2) is 5.60. The molecule has 26 heavy (non-hydrogen) atoms. The van der Waals surface area contributed by atoms with E-state index in [4.69, 9.17) is 4.74 Å². The standard InChI is InChI=1S/C23H25NO2/c1-15-5-6-17-14-24-21(25)9-11-23(22(24)19(17)12-15)10-3-4-16-13-18(26-2)7-8-20(16)23/h5-8,12-13,22H,3-4,9-11,14H2,1-2H3/t22-,23+/m1/s1. The summed E-state index contributed by atoms with van der Waals surface area (Å²) >= 11 is 0. The van der Waals surface area contributed by atoms with Crippen molar-refractivity contribution >= 4 is 5.91 Å². The summed E-state index contributed by atoms with van der Waals surface area (Å²) in [7, 11) is 1.73. The molecule has 3 heteroatoms. The number of amides is 1. The molecule has 3 nitrogen and oxygen atoms in total. The first-order chi connectivity index (χ1) is 12.6. The van der Waals surface area contributed by atoms with Crippen LogP contribution in [-0.4, -0.2) is 17.9 Å². The molecule has 1 fully saturated rings. The van der Waals surface area contributed by atoms with Crippen LogP contribution in [0.2, 0.25) is 0 Å². The monoisotopic (exact) mass is 347 g/mol. The Kier molecular flexibility index (Phi) is 3.43. The Morgan fingerprint density at radius 1 is 1.08 bits per heavy atom. The third-order valence-corrected chi connectivity index (χ3v) is 6.79. The molecule has 0 aromatic heterocycles. The Bertz CT molecular complexity index is 903. The highest BCUT2D eigenvalue weighted by atomic mass is 16.5. The largest absolute Gasteiger partial charge is 0.497 e. The molecule has 1 saturated heterocycles. The van der Waals surface area contributed by atoms with Gasteiger partial charge in [-0.1, -0.05) is 29.8 Å². The van der Waals surface area contributed by atoms with Gasteiger partial charge in [0.2, 0.25) is 5.91 Å². The van der Waals surface area contributed by atoms with Gasteiger partial charge in [-0.15, -0.1) is 0 Å². The van der Waals surface area contributed by atoms with Crippen molar-refractivity contribution in [2.45, 2.75) is 57.0 Å². The Hall–Kier alpha value is -2.29. The number of carbonyl (C=O) groups excluding carboxylic acids is 1. The van der Waals surface area contributed by atoms with Crippen molar-refractivity contribution in [2.75, 3.05) is 7.11 Å². The van der Waals surface area contributed by atoms with E-state index >= 15 is 0 Å². The van der Waals surface area contributed by atoms with Crippen molar-refractivity contribution < 1.29 is 9.53 Å². The molecule has 2 heterocycles. The molecule has 2 aromatic rings. The number of methoxy groups -OCH3 is 1. The van der Waals surface area contributed by atoms with Crippen LogP contribution in [0.3, 0.4) is 0 Å². The highest BCUT2D eigenvalue weighted by Gasteiger charge is 2.53. The topological polar surface area (TPSA) is 29.5 Å². The number of fused-ring (bicyclic) bond motifs is 6. The van der Waals surface area contributed by atoms with Gasteiger partial charge in [0.15, 0.2) is 0 Å². The molecule has 0 bridgehead atoms. The number of ether oxygens (including phenoxy) is 1. The predicted molar refractivity (Wildman–Crippen MR) is 101 cm³/mol. The zero-order chi connectivity index (χ0) is 17.9. The van der Waals surface area contributed by atoms with Gasteiger partial charge < -0.3 is 9.64 Å². The van der Waals surface area contributed by atoms with Crippen molar-refractivity contribution in [2.24, 2.45) is 0 Å². The van der Waals surface area contributed by atoms with Gasteiger partial charge in [0.05, 0.1) is 13.2 Å². The summed E-state index contributed by atoms with van der Waals surface area (Å²) in [6.45, 7) is 2.92. The van der Waals surface area contributed by atoms with Crippen LogP contribution in [0.15, 0.2) is 36.4 Å². The average Bonchev–Trinajstić information content (AvgIpc) is 3.05.